The molecule has 0 aliphatic rings. The molecule has 0 rings (SSSR count). The van der Waals surface area contributed by atoms with E-state index in [0.717, 1.165) is 0 Å². The van der Waals surface area contributed by atoms with E-state index >= 15 is 0 Å². The van der Waals surface area contributed by atoms with E-state index in [0.29, 0.717) is 0 Å². The monoisotopic (exact) mass is 121 g/mol. The number of nitrogens with one attached hydrogen (secondary N) is 1. The number of hydrogen-bond acceptors (Lipinski definition) is 4. The lowest BCUT2D eigenvalue weighted by Crippen LogP contribution is -2.21. The van der Waals surface area contributed by atoms with E-state index < -0.39 is 0 Å². The number of hydrogen-bond donors (Lipinski definition) is 1. The first-order valence-corrected chi connectivity index (χ1v) is 2.27. The quantitative estimate of drug-likeness (QED) is 0.421. The molecule has 0 aromatic carbocycles. The topological polar surface area (TPSA) is 39.7 Å². The van der Waals surface area contributed by atoms with Crippen LogP contribution in [0.4, 0.5) is 0 Å². The van der Waals surface area contributed by atoms with E-state index in [2.05, 4.69) is 20.1 Å². The van der Waals surface area contributed by atoms with E-state index in [1.165, 1.54) is 7.11 Å². The summed E-state index contributed by atoms with van der Waals surface area (Å²) in [6.45, 7) is 1.74. The van der Waals surface area contributed by atoms with Crippen LogP contribution in [0.1, 0.15) is 6.92 Å². The molecule has 0 aliphatic heterocycles. The Kier molecular flexibility index (Phi) is 4.89. The smallest absolute Gasteiger partial charge is 0.176 e. The fourth-order valence-corrected chi connectivity index (χ4v) is 0.164. The number of ether oxygens (including phenoxy) is 1. The highest BCUT2D eigenvalue weighted by Gasteiger charge is 1.94. The molecule has 0 fully saturated rings. The third kappa shape index (κ3) is 4.01. The zero-order valence-corrected chi connectivity index (χ0v) is 5.30. The standard InChI is InChI=1S/C4H11NO3/c1-4(6-2)8-5-7-3/h4-5H,1-3H3. The van der Waals surface area contributed by atoms with Gasteiger partial charge in [-0.3, -0.25) is 4.84 Å². The summed E-state index contributed by atoms with van der Waals surface area (Å²) in [5.41, 5.74) is 2.17. The Balaban J connectivity index is 2.86. The molecule has 0 amide bonds. The average Bonchev–Trinajstić information content (AvgIpc) is 1.83. The zero-order chi connectivity index (χ0) is 6.41. The first kappa shape index (κ1) is 7.84. The van der Waals surface area contributed by atoms with Gasteiger partial charge in [0, 0.05) is 7.11 Å². The van der Waals surface area contributed by atoms with Gasteiger partial charge in [-0.2, -0.15) is 0 Å². The fourth-order valence-electron chi connectivity index (χ4n) is 0.164. The molecule has 0 bridgehead atoms. The second-order valence-corrected chi connectivity index (χ2v) is 1.21. The highest BCUT2D eigenvalue weighted by atomic mass is 16.9. The van der Waals surface area contributed by atoms with Gasteiger partial charge in [-0.15, -0.1) is 0 Å². The molecule has 0 saturated heterocycles. The summed E-state index contributed by atoms with van der Waals surface area (Å²) in [6.07, 6.45) is -0.282. The third-order valence-corrected chi connectivity index (χ3v) is 0.629. The Morgan fingerprint density at radius 2 is 2.00 bits per heavy atom. The van der Waals surface area contributed by atoms with Crippen LogP contribution >= 0.6 is 0 Å². The molecule has 8 heavy (non-hydrogen) atoms. The van der Waals surface area contributed by atoms with Crippen molar-refractivity contribution in [2.75, 3.05) is 14.2 Å². The van der Waals surface area contributed by atoms with Crippen molar-refractivity contribution >= 4 is 0 Å². The van der Waals surface area contributed by atoms with Gasteiger partial charge in [0.15, 0.2) is 6.29 Å². The SMILES string of the molecule is CONOC(C)OC. The minimum atomic E-state index is -0.282. The largest absolute Gasteiger partial charge is 0.354 e. The van der Waals surface area contributed by atoms with Crippen LogP contribution in [0.3, 0.4) is 0 Å². The summed E-state index contributed by atoms with van der Waals surface area (Å²) in [7, 11) is 3.00. The van der Waals surface area contributed by atoms with Gasteiger partial charge in [-0.05, 0) is 6.92 Å². The van der Waals surface area contributed by atoms with E-state index in [-0.39, 0.29) is 6.29 Å². The van der Waals surface area contributed by atoms with Gasteiger partial charge in [0.1, 0.15) is 0 Å². The average molecular weight is 121 g/mol. The van der Waals surface area contributed by atoms with Crippen LogP contribution in [-0.4, -0.2) is 20.5 Å². The van der Waals surface area contributed by atoms with Crippen LogP contribution in [0.15, 0.2) is 0 Å². The van der Waals surface area contributed by atoms with Gasteiger partial charge in [-0.1, -0.05) is 5.64 Å². The fraction of sp³-hybridized carbons (Fsp3) is 1.00. The van der Waals surface area contributed by atoms with Crippen molar-refractivity contribution in [1.29, 1.82) is 0 Å². The molecule has 0 aliphatic carbocycles. The molecule has 4 nitrogen and oxygen atoms in total. The van der Waals surface area contributed by atoms with Crippen molar-refractivity contribution in [1.82, 2.24) is 5.64 Å². The van der Waals surface area contributed by atoms with Crippen molar-refractivity contribution < 1.29 is 14.4 Å². The molecule has 0 spiro atoms. The maximum Gasteiger partial charge on any atom is 0.176 e. The summed E-state index contributed by atoms with van der Waals surface area (Å²) in [4.78, 5) is 9.01. The van der Waals surface area contributed by atoms with E-state index in [4.69, 9.17) is 0 Å². The molecular weight excluding hydrogens is 110 g/mol. The summed E-state index contributed by atoms with van der Waals surface area (Å²) >= 11 is 0. The predicted octanol–water partition coefficient (Wildman–Crippen LogP) is 0.0614. The van der Waals surface area contributed by atoms with Gasteiger partial charge in [0.05, 0.1) is 7.11 Å². The Morgan fingerprint density at radius 3 is 2.38 bits per heavy atom. The molecule has 50 valence electrons. The molecular formula is C4H11NO3. The van der Waals surface area contributed by atoms with Crippen LogP contribution in [0.25, 0.3) is 0 Å². The van der Waals surface area contributed by atoms with Crippen molar-refractivity contribution in [3.05, 3.63) is 0 Å². The maximum atomic E-state index is 4.69. The minimum absolute atomic E-state index is 0.282. The van der Waals surface area contributed by atoms with E-state index in [9.17, 15) is 0 Å². The highest BCUT2D eigenvalue weighted by molar-refractivity contribution is 4.17. The maximum absolute atomic E-state index is 4.69. The van der Waals surface area contributed by atoms with Gasteiger partial charge in [-0.25, -0.2) is 4.84 Å². The van der Waals surface area contributed by atoms with Crippen LogP contribution in [0.5, 0.6) is 0 Å². The van der Waals surface area contributed by atoms with Crippen LogP contribution in [0.2, 0.25) is 0 Å². The third-order valence-electron chi connectivity index (χ3n) is 0.629. The second-order valence-electron chi connectivity index (χ2n) is 1.21. The number of rotatable bonds is 4. The Morgan fingerprint density at radius 1 is 1.38 bits per heavy atom. The molecule has 0 aromatic heterocycles. The normalized spacial score (nSPS) is 13.9. The molecule has 0 heterocycles. The second kappa shape index (κ2) is 4.99. The van der Waals surface area contributed by atoms with Gasteiger partial charge in [0.25, 0.3) is 0 Å². The van der Waals surface area contributed by atoms with Crippen LogP contribution < -0.4 is 5.64 Å². The molecule has 1 N–H and O–H groups in total. The molecule has 1 unspecified atom stereocenters. The Bertz CT molecular complexity index is 50.5. The first-order chi connectivity index (χ1) is 3.81. The van der Waals surface area contributed by atoms with E-state index in [1.807, 2.05) is 0 Å². The lowest BCUT2D eigenvalue weighted by molar-refractivity contribution is -0.244. The van der Waals surface area contributed by atoms with Crippen LogP contribution in [-0.2, 0) is 14.4 Å². The van der Waals surface area contributed by atoms with Crippen molar-refractivity contribution in [3.63, 3.8) is 0 Å². The summed E-state index contributed by atoms with van der Waals surface area (Å²) in [5, 5.41) is 0. The van der Waals surface area contributed by atoms with Crippen molar-refractivity contribution in [2.24, 2.45) is 0 Å². The van der Waals surface area contributed by atoms with Crippen molar-refractivity contribution in [3.8, 4) is 0 Å². The lowest BCUT2D eigenvalue weighted by Gasteiger charge is -2.08. The van der Waals surface area contributed by atoms with Gasteiger partial charge in [0.2, 0.25) is 0 Å². The zero-order valence-electron chi connectivity index (χ0n) is 5.30. The Labute approximate surface area is 48.6 Å². The summed E-state index contributed by atoms with van der Waals surface area (Å²) < 4.78 is 4.69. The molecule has 0 aromatic rings. The Hall–Kier alpha value is -0.160. The van der Waals surface area contributed by atoms with E-state index in [1.54, 1.807) is 14.0 Å². The highest BCUT2D eigenvalue weighted by Crippen LogP contribution is 1.84. The van der Waals surface area contributed by atoms with Crippen LogP contribution in [0, 0.1) is 0 Å². The first-order valence-electron chi connectivity index (χ1n) is 2.27. The molecule has 4 heteroatoms. The lowest BCUT2D eigenvalue weighted by atomic mass is 10.8. The summed E-state index contributed by atoms with van der Waals surface area (Å²) in [5.74, 6) is 0. The number of methoxy groups -OCH3 is 1. The molecule has 1 atom stereocenters. The minimum Gasteiger partial charge on any atom is -0.354 e. The summed E-state index contributed by atoms with van der Waals surface area (Å²) in [6, 6.07) is 0. The molecule has 0 saturated carbocycles. The van der Waals surface area contributed by atoms with Gasteiger partial charge < -0.3 is 4.74 Å². The predicted molar refractivity (Wildman–Crippen MR) is 27.7 cm³/mol. The molecule has 0 radical (unpaired) electrons. The van der Waals surface area contributed by atoms with Gasteiger partial charge >= 0.3 is 0 Å². The van der Waals surface area contributed by atoms with Crippen molar-refractivity contribution in [2.45, 2.75) is 13.2 Å².